The lowest BCUT2D eigenvalue weighted by Crippen LogP contribution is -2.59. The molecule has 0 spiro atoms. The number of aliphatic hydroxyl groups is 2. The summed E-state index contributed by atoms with van der Waals surface area (Å²) in [6.45, 7) is 2.91. The summed E-state index contributed by atoms with van der Waals surface area (Å²) in [7, 11) is 0. The van der Waals surface area contributed by atoms with Crippen LogP contribution in [0, 0.1) is 0 Å². The van der Waals surface area contributed by atoms with Gasteiger partial charge in [0.05, 0.1) is 18.5 Å². The SMILES string of the molecule is CC(O)C(N)C(=O)NC(CCCCN)C(=O)NC(Cc1cnc[nH]1)C(=O)NC(C(=O)O)C(C)O. The third-order valence-electron chi connectivity index (χ3n) is 5.06. The summed E-state index contributed by atoms with van der Waals surface area (Å²) in [6.07, 6.45) is 1.43. The maximum atomic E-state index is 13.0. The second kappa shape index (κ2) is 14.2. The van der Waals surface area contributed by atoms with Crippen molar-refractivity contribution in [3.63, 3.8) is 0 Å². The molecule has 0 bridgehead atoms. The third-order valence-corrected chi connectivity index (χ3v) is 5.06. The van der Waals surface area contributed by atoms with Gasteiger partial charge in [-0.15, -0.1) is 0 Å². The standard InChI is InChI=1S/C20H35N7O7/c1-10(28)15(22)19(32)25-13(5-3-4-6-21)17(30)26-14(7-12-8-23-9-24-12)18(31)27-16(11(2)29)20(33)34/h8-11,13-16,28-29H,3-7,21-22H2,1-2H3,(H,23,24)(H,25,32)(H,26,30)(H,27,31)(H,33,34). The number of carbonyl (C=O) groups excluding carboxylic acids is 3. The Labute approximate surface area is 196 Å². The molecule has 0 radical (unpaired) electrons. The first kappa shape index (κ1) is 29.0. The Balaban J connectivity index is 3.06. The largest absolute Gasteiger partial charge is 0.480 e. The van der Waals surface area contributed by atoms with Gasteiger partial charge in [0, 0.05) is 18.3 Å². The Bertz CT molecular complexity index is 801. The van der Waals surface area contributed by atoms with E-state index in [1.54, 1.807) is 0 Å². The summed E-state index contributed by atoms with van der Waals surface area (Å²) in [5.74, 6) is -3.78. The van der Waals surface area contributed by atoms with Crippen LogP contribution in [0.5, 0.6) is 0 Å². The first-order valence-corrected chi connectivity index (χ1v) is 10.9. The van der Waals surface area contributed by atoms with E-state index in [9.17, 15) is 34.5 Å². The number of carboxylic acids is 1. The van der Waals surface area contributed by atoms with E-state index < -0.39 is 60.1 Å². The highest BCUT2D eigenvalue weighted by Gasteiger charge is 2.32. The van der Waals surface area contributed by atoms with Crippen LogP contribution in [0.2, 0.25) is 0 Å². The maximum absolute atomic E-state index is 13.0. The van der Waals surface area contributed by atoms with E-state index in [0.29, 0.717) is 25.1 Å². The number of carboxylic acid groups (broad SMARTS) is 1. The number of aliphatic carboxylic acids is 1. The zero-order valence-corrected chi connectivity index (χ0v) is 19.2. The molecule has 6 atom stereocenters. The molecule has 192 valence electrons. The van der Waals surface area contributed by atoms with Gasteiger partial charge in [0.25, 0.3) is 0 Å². The average molecular weight is 486 g/mol. The molecule has 1 rings (SSSR count). The molecule has 0 fully saturated rings. The van der Waals surface area contributed by atoms with Gasteiger partial charge in [-0.1, -0.05) is 0 Å². The predicted octanol–water partition coefficient (Wildman–Crippen LogP) is -3.29. The van der Waals surface area contributed by atoms with Gasteiger partial charge in [-0.3, -0.25) is 14.4 Å². The van der Waals surface area contributed by atoms with Crippen LogP contribution in [-0.2, 0) is 25.6 Å². The first-order chi connectivity index (χ1) is 16.0. The zero-order chi connectivity index (χ0) is 25.8. The van der Waals surface area contributed by atoms with Crippen LogP contribution in [0.4, 0.5) is 0 Å². The number of nitrogens with two attached hydrogens (primary N) is 2. The molecule has 11 N–H and O–H groups in total. The van der Waals surface area contributed by atoms with Crippen molar-refractivity contribution < 1.29 is 34.5 Å². The summed E-state index contributed by atoms with van der Waals surface area (Å²) in [5, 5.41) is 35.7. The van der Waals surface area contributed by atoms with E-state index in [1.807, 2.05) is 0 Å². The number of hydrogen-bond acceptors (Lipinski definition) is 9. The number of imidazole rings is 1. The minimum absolute atomic E-state index is 0.0691. The summed E-state index contributed by atoms with van der Waals surface area (Å²) >= 11 is 0. The first-order valence-electron chi connectivity index (χ1n) is 10.9. The highest BCUT2D eigenvalue weighted by atomic mass is 16.4. The Morgan fingerprint density at radius 1 is 1.00 bits per heavy atom. The van der Waals surface area contributed by atoms with E-state index in [-0.39, 0.29) is 12.8 Å². The fourth-order valence-corrected chi connectivity index (χ4v) is 2.99. The van der Waals surface area contributed by atoms with Crippen molar-refractivity contribution >= 4 is 23.7 Å². The average Bonchev–Trinajstić information content (AvgIpc) is 3.28. The van der Waals surface area contributed by atoms with Crippen LogP contribution in [0.25, 0.3) is 0 Å². The molecule has 0 aliphatic carbocycles. The number of aliphatic hydroxyl groups excluding tert-OH is 2. The maximum Gasteiger partial charge on any atom is 0.328 e. The van der Waals surface area contributed by atoms with Gasteiger partial charge in [-0.25, -0.2) is 9.78 Å². The van der Waals surface area contributed by atoms with Gasteiger partial charge in [-0.2, -0.15) is 0 Å². The second-order valence-electron chi connectivity index (χ2n) is 8.02. The Hall–Kier alpha value is -3.07. The van der Waals surface area contributed by atoms with Crippen molar-refractivity contribution in [3.8, 4) is 0 Å². The fourth-order valence-electron chi connectivity index (χ4n) is 2.99. The van der Waals surface area contributed by atoms with Crippen molar-refractivity contribution in [1.29, 1.82) is 0 Å². The minimum Gasteiger partial charge on any atom is -0.480 e. The molecule has 0 saturated carbocycles. The lowest BCUT2D eigenvalue weighted by Gasteiger charge is -2.26. The second-order valence-corrected chi connectivity index (χ2v) is 8.02. The molecule has 0 aliphatic heterocycles. The molecule has 14 heteroatoms. The van der Waals surface area contributed by atoms with Crippen LogP contribution in [0.15, 0.2) is 12.5 Å². The van der Waals surface area contributed by atoms with Gasteiger partial charge in [-0.05, 0) is 39.7 Å². The van der Waals surface area contributed by atoms with Gasteiger partial charge < -0.3 is 47.7 Å². The predicted molar refractivity (Wildman–Crippen MR) is 120 cm³/mol. The smallest absolute Gasteiger partial charge is 0.328 e. The summed E-state index contributed by atoms with van der Waals surface area (Å²) in [6, 6.07) is -5.21. The van der Waals surface area contributed by atoms with Gasteiger partial charge in [0.2, 0.25) is 17.7 Å². The number of H-pyrrole nitrogens is 1. The Morgan fingerprint density at radius 2 is 1.62 bits per heavy atom. The normalized spacial score (nSPS) is 16.4. The highest BCUT2D eigenvalue weighted by Crippen LogP contribution is 2.06. The molecule has 34 heavy (non-hydrogen) atoms. The molecule has 1 aromatic heterocycles. The van der Waals surface area contributed by atoms with Crippen LogP contribution in [0.1, 0.15) is 38.8 Å². The summed E-state index contributed by atoms with van der Waals surface area (Å²) in [5.41, 5.74) is 11.6. The number of nitrogens with zero attached hydrogens (tertiary/aromatic N) is 1. The van der Waals surface area contributed by atoms with Gasteiger partial charge in [0.1, 0.15) is 18.1 Å². The number of rotatable bonds is 15. The quantitative estimate of drug-likeness (QED) is 0.112. The number of aromatic nitrogens is 2. The number of carbonyl (C=O) groups is 4. The van der Waals surface area contributed by atoms with Crippen molar-refractivity contribution in [2.75, 3.05) is 6.54 Å². The number of aromatic amines is 1. The van der Waals surface area contributed by atoms with Crippen LogP contribution in [-0.4, -0.2) is 91.9 Å². The van der Waals surface area contributed by atoms with Crippen molar-refractivity contribution in [3.05, 3.63) is 18.2 Å². The van der Waals surface area contributed by atoms with E-state index in [1.165, 1.54) is 26.4 Å². The van der Waals surface area contributed by atoms with Crippen LogP contribution >= 0.6 is 0 Å². The number of amides is 3. The minimum atomic E-state index is -1.60. The fraction of sp³-hybridized carbons (Fsp3) is 0.650. The van der Waals surface area contributed by atoms with E-state index in [2.05, 4.69) is 25.9 Å². The van der Waals surface area contributed by atoms with E-state index >= 15 is 0 Å². The molecule has 6 unspecified atom stereocenters. The zero-order valence-electron chi connectivity index (χ0n) is 19.2. The van der Waals surface area contributed by atoms with Crippen LogP contribution < -0.4 is 27.4 Å². The molecule has 14 nitrogen and oxygen atoms in total. The van der Waals surface area contributed by atoms with E-state index in [4.69, 9.17) is 11.5 Å². The van der Waals surface area contributed by atoms with Gasteiger partial charge in [0.15, 0.2) is 6.04 Å². The van der Waals surface area contributed by atoms with Crippen LogP contribution in [0.3, 0.4) is 0 Å². The lowest BCUT2D eigenvalue weighted by atomic mass is 10.0. The summed E-state index contributed by atoms with van der Waals surface area (Å²) in [4.78, 5) is 56.2. The van der Waals surface area contributed by atoms with Gasteiger partial charge >= 0.3 is 5.97 Å². The monoisotopic (exact) mass is 485 g/mol. The molecular weight excluding hydrogens is 450 g/mol. The van der Waals surface area contributed by atoms with E-state index in [0.717, 1.165) is 0 Å². The number of unbranched alkanes of at least 4 members (excludes halogenated alkanes) is 1. The number of nitrogens with one attached hydrogen (secondary N) is 4. The van der Waals surface area contributed by atoms with Crippen molar-refractivity contribution in [2.24, 2.45) is 11.5 Å². The number of hydrogen-bond donors (Lipinski definition) is 9. The van der Waals surface area contributed by atoms with Crippen molar-refractivity contribution in [2.45, 2.75) is 75.9 Å². The van der Waals surface area contributed by atoms with Crippen molar-refractivity contribution in [1.82, 2.24) is 25.9 Å². The molecule has 3 amide bonds. The molecule has 0 aliphatic rings. The molecule has 1 aromatic rings. The molecule has 0 aromatic carbocycles. The molecule has 0 saturated heterocycles. The molecular formula is C20H35N7O7. The molecule has 1 heterocycles. The summed E-state index contributed by atoms with van der Waals surface area (Å²) < 4.78 is 0. The Kier molecular flexibility index (Phi) is 12.1. The topological polar surface area (TPSA) is 246 Å². The third kappa shape index (κ3) is 9.43. The highest BCUT2D eigenvalue weighted by molar-refractivity contribution is 5.94. The Morgan fingerprint density at radius 3 is 2.12 bits per heavy atom. The lowest BCUT2D eigenvalue weighted by molar-refractivity contribution is -0.145.